The number of halogens is 1. The standard InChI is InChI=1S/C16H26BrN3/c1-4-20(16-18-12(2)10-13(3)19-16)9-8-14-6-5-7-15(17)11-14/h10,14-15H,4-9,11H2,1-3H3. The second kappa shape index (κ2) is 7.39. The summed E-state index contributed by atoms with van der Waals surface area (Å²) in [6, 6.07) is 2.04. The van der Waals surface area contributed by atoms with Crippen molar-refractivity contribution in [1.82, 2.24) is 9.97 Å². The molecule has 0 spiro atoms. The van der Waals surface area contributed by atoms with Gasteiger partial charge in [-0.2, -0.15) is 0 Å². The lowest BCUT2D eigenvalue weighted by Crippen LogP contribution is -2.29. The molecule has 4 heteroatoms. The molecule has 1 aliphatic rings. The lowest BCUT2D eigenvalue weighted by molar-refractivity contribution is 0.350. The predicted molar refractivity (Wildman–Crippen MR) is 88.7 cm³/mol. The summed E-state index contributed by atoms with van der Waals surface area (Å²) in [5.41, 5.74) is 2.12. The fraction of sp³-hybridized carbons (Fsp3) is 0.750. The summed E-state index contributed by atoms with van der Waals surface area (Å²) >= 11 is 3.78. The van der Waals surface area contributed by atoms with Crippen LogP contribution in [0.2, 0.25) is 0 Å². The lowest BCUT2D eigenvalue weighted by atomic mass is 9.87. The maximum atomic E-state index is 4.59. The summed E-state index contributed by atoms with van der Waals surface area (Å²) in [6.45, 7) is 8.33. The van der Waals surface area contributed by atoms with Crippen molar-refractivity contribution in [3.05, 3.63) is 17.5 Å². The molecule has 3 nitrogen and oxygen atoms in total. The Labute approximate surface area is 131 Å². The third-order valence-electron chi connectivity index (χ3n) is 4.16. The second-order valence-electron chi connectivity index (χ2n) is 5.95. The zero-order valence-electron chi connectivity index (χ0n) is 12.9. The Bertz CT molecular complexity index is 415. The number of alkyl halides is 1. The Hall–Kier alpha value is -0.640. The van der Waals surface area contributed by atoms with Gasteiger partial charge in [0.15, 0.2) is 0 Å². The minimum absolute atomic E-state index is 0.730. The van der Waals surface area contributed by atoms with Gasteiger partial charge in [0.05, 0.1) is 0 Å². The third kappa shape index (κ3) is 4.44. The molecule has 1 saturated carbocycles. The smallest absolute Gasteiger partial charge is 0.225 e. The fourth-order valence-corrected chi connectivity index (χ4v) is 3.93. The molecule has 1 aromatic heterocycles. The molecular weight excluding hydrogens is 314 g/mol. The summed E-state index contributed by atoms with van der Waals surface area (Å²) in [5, 5.41) is 0. The highest BCUT2D eigenvalue weighted by molar-refractivity contribution is 9.09. The van der Waals surface area contributed by atoms with Crippen molar-refractivity contribution >= 4 is 21.9 Å². The molecule has 20 heavy (non-hydrogen) atoms. The molecule has 1 aromatic rings. The summed E-state index contributed by atoms with van der Waals surface area (Å²) in [4.78, 5) is 12.2. The first kappa shape index (κ1) is 15.7. The van der Waals surface area contributed by atoms with E-state index in [1.807, 2.05) is 19.9 Å². The van der Waals surface area contributed by atoms with E-state index in [-0.39, 0.29) is 0 Å². The minimum Gasteiger partial charge on any atom is -0.341 e. The Morgan fingerprint density at radius 3 is 2.55 bits per heavy atom. The second-order valence-corrected chi connectivity index (χ2v) is 7.24. The number of rotatable bonds is 5. The minimum atomic E-state index is 0.730. The number of nitrogens with zero attached hydrogens (tertiary/aromatic N) is 3. The number of anilines is 1. The quantitative estimate of drug-likeness (QED) is 0.750. The molecule has 2 rings (SSSR count). The van der Waals surface area contributed by atoms with Gasteiger partial charge in [0, 0.05) is 29.3 Å². The van der Waals surface area contributed by atoms with Crippen LogP contribution in [0.25, 0.3) is 0 Å². The molecule has 0 aromatic carbocycles. The monoisotopic (exact) mass is 339 g/mol. The average Bonchev–Trinajstić information content (AvgIpc) is 2.38. The van der Waals surface area contributed by atoms with E-state index in [0.717, 1.165) is 41.2 Å². The summed E-state index contributed by atoms with van der Waals surface area (Å²) in [5.74, 6) is 1.75. The number of hydrogen-bond donors (Lipinski definition) is 0. The zero-order valence-corrected chi connectivity index (χ0v) is 14.5. The lowest BCUT2D eigenvalue weighted by Gasteiger charge is -2.28. The highest BCUT2D eigenvalue weighted by Crippen LogP contribution is 2.31. The van der Waals surface area contributed by atoms with Gasteiger partial charge in [0.1, 0.15) is 0 Å². The summed E-state index contributed by atoms with van der Waals surface area (Å²) < 4.78 is 0. The maximum Gasteiger partial charge on any atom is 0.225 e. The van der Waals surface area contributed by atoms with Crippen molar-refractivity contribution in [1.29, 1.82) is 0 Å². The molecule has 0 N–H and O–H groups in total. The van der Waals surface area contributed by atoms with Gasteiger partial charge in [-0.3, -0.25) is 0 Å². The van der Waals surface area contributed by atoms with Crippen molar-refractivity contribution in [2.75, 3.05) is 18.0 Å². The van der Waals surface area contributed by atoms with Gasteiger partial charge in [-0.25, -0.2) is 9.97 Å². The van der Waals surface area contributed by atoms with Crippen LogP contribution in [0.1, 0.15) is 50.4 Å². The van der Waals surface area contributed by atoms with Crippen molar-refractivity contribution in [3.8, 4) is 0 Å². The van der Waals surface area contributed by atoms with Crippen LogP contribution in [0, 0.1) is 19.8 Å². The van der Waals surface area contributed by atoms with Crippen molar-refractivity contribution in [2.45, 2.75) is 57.7 Å². The summed E-state index contributed by atoms with van der Waals surface area (Å²) in [6.07, 6.45) is 6.67. The van der Waals surface area contributed by atoms with E-state index < -0.39 is 0 Å². The molecule has 0 radical (unpaired) electrons. The van der Waals surface area contributed by atoms with Crippen LogP contribution in [0.5, 0.6) is 0 Å². The van der Waals surface area contributed by atoms with E-state index in [2.05, 4.69) is 37.7 Å². The maximum absolute atomic E-state index is 4.59. The van der Waals surface area contributed by atoms with Crippen LogP contribution in [0.3, 0.4) is 0 Å². The van der Waals surface area contributed by atoms with Gasteiger partial charge < -0.3 is 4.90 Å². The number of aryl methyl sites for hydroxylation is 2. The topological polar surface area (TPSA) is 29.0 Å². The molecule has 0 amide bonds. The first-order valence-electron chi connectivity index (χ1n) is 7.79. The van der Waals surface area contributed by atoms with Crippen LogP contribution >= 0.6 is 15.9 Å². The van der Waals surface area contributed by atoms with Gasteiger partial charge in [-0.15, -0.1) is 0 Å². The van der Waals surface area contributed by atoms with Crippen molar-refractivity contribution < 1.29 is 0 Å². The highest BCUT2D eigenvalue weighted by Gasteiger charge is 2.20. The van der Waals surface area contributed by atoms with E-state index >= 15 is 0 Å². The molecule has 1 heterocycles. The Morgan fingerprint density at radius 1 is 1.25 bits per heavy atom. The Morgan fingerprint density at radius 2 is 1.95 bits per heavy atom. The van der Waals surface area contributed by atoms with Crippen LogP contribution in [-0.4, -0.2) is 27.9 Å². The van der Waals surface area contributed by atoms with Gasteiger partial charge in [-0.1, -0.05) is 28.8 Å². The summed E-state index contributed by atoms with van der Waals surface area (Å²) in [7, 11) is 0. The predicted octanol–water partition coefficient (Wildman–Crippen LogP) is 4.26. The highest BCUT2D eigenvalue weighted by atomic mass is 79.9. The first-order valence-corrected chi connectivity index (χ1v) is 8.71. The first-order chi connectivity index (χ1) is 9.58. The van der Waals surface area contributed by atoms with Crippen LogP contribution in [0.15, 0.2) is 6.07 Å². The van der Waals surface area contributed by atoms with E-state index in [0.29, 0.717) is 0 Å². The molecule has 0 saturated heterocycles. The molecule has 1 fully saturated rings. The van der Waals surface area contributed by atoms with Crippen LogP contribution < -0.4 is 4.90 Å². The van der Waals surface area contributed by atoms with E-state index in [1.165, 1.54) is 32.1 Å². The van der Waals surface area contributed by atoms with E-state index in [1.54, 1.807) is 0 Å². The zero-order chi connectivity index (χ0) is 14.5. The number of aromatic nitrogens is 2. The van der Waals surface area contributed by atoms with Gasteiger partial charge in [-0.05, 0) is 52.0 Å². The molecule has 2 unspecified atom stereocenters. The normalized spacial score (nSPS) is 22.8. The molecular formula is C16H26BrN3. The van der Waals surface area contributed by atoms with E-state index in [4.69, 9.17) is 0 Å². The molecule has 0 bridgehead atoms. The van der Waals surface area contributed by atoms with Gasteiger partial charge in [0.25, 0.3) is 0 Å². The van der Waals surface area contributed by atoms with Crippen LogP contribution in [0.4, 0.5) is 5.95 Å². The fourth-order valence-electron chi connectivity index (χ4n) is 3.07. The van der Waals surface area contributed by atoms with Crippen LogP contribution in [-0.2, 0) is 0 Å². The van der Waals surface area contributed by atoms with Crippen molar-refractivity contribution in [2.24, 2.45) is 5.92 Å². The SMILES string of the molecule is CCN(CCC1CCCC(Br)C1)c1nc(C)cc(C)n1. The largest absolute Gasteiger partial charge is 0.341 e. The van der Waals surface area contributed by atoms with Gasteiger partial charge >= 0.3 is 0 Å². The van der Waals surface area contributed by atoms with E-state index in [9.17, 15) is 0 Å². The Kier molecular flexibility index (Phi) is 5.82. The third-order valence-corrected chi connectivity index (χ3v) is 4.99. The molecule has 1 aliphatic carbocycles. The molecule has 2 atom stereocenters. The molecule has 112 valence electrons. The van der Waals surface area contributed by atoms with Crippen molar-refractivity contribution in [3.63, 3.8) is 0 Å². The molecule has 0 aliphatic heterocycles. The Balaban J connectivity index is 1.94. The average molecular weight is 340 g/mol. The number of hydrogen-bond acceptors (Lipinski definition) is 3. The van der Waals surface area contributed by atoms with Gasteiger partial charge in [0.2, 0.25) is 5.95 Å².